The van der Waals surface area contributed by atoms with Crippen molar-refractivity contribution in [3.8, 4) is 17.2 Å². The Morgan fingerprint density at radius 2 is 1.87 bits per heavy atom. The van der Waals surface area contributed by atoms with Crippen molar-refractivity contribution in [2.24, 2.45) is 0 Å². The number of carboxylic acids is 1. The van der Waals surface area contributed by atoms with Gasteiger partial charge in [-0.25, -0.2) is 9.78 Å². The number of fused-ring (bicyclic) bond motifs is 2. The minimum absolute atomic E-state index is 0.0775. The number of nitrogens with zero attached hydrogens (tertiary/aromatic N) is 2. The van der Waals surface area contributed by atoms with Gasteiger partial charge >= 0.3 is 5.97 Å². The number of phenolic OH excluding ortho intramolecular Hbond substituents is 1. The Labute approximate surface area is 171 Å². The lowest BCUT2D eigenvalue weighted by atomic mass is 10.0. The van der Waals surface area contributed by atoms with Crippen molar-refractivity contribution in [2.75, 3.05) is 14.2 Å². The van der Waals surface area contributed by atoms with E-state index in [1.807, 2.05) is 6.08 Å². The van der Waals surface area contributed by atoms with Crippen LogP contribution in [0.5, 0.6) is 17.2 Å². The van der Waals surface area contributed by atoms with Crippen molar-refractivity contribution in [1.29, 1.82) is 0 Å². The van der Waals surface area contributed by atoms with Gasteiger partial charge in [-0.05, 0) is 60.4 Å². The molecule has 8 heteroatoms. The van der Waals surface area contributed by atoms with Crippen LogP contribution in [0, 0.1) is 0 Å². The van der Waals surface area contributed by atoms with E-state index in [4.69, 9.17) is 9.47 Å². The highest BCUT2D eigenvalue weighted by Gasteiger charge is 2.20. The average molecular weight is 408 g/mol. The number of carboxylic acid groups (broad SMARTS) is 1. The van der Waals surface area contributed by atoms with E-state index < -0.39 is 5.97 Å². The zero-order chi connectivity index (χ0) is 21.4. The van der Waals surface area contributed by atoms with Gasteiger partial charge in [0.1, 0.15) is 5.82 Å². The van der Waals surface area contributed by atoms with Crippen LogP contribution < -0.4 is 15.0 Å². The Balaban J connectivity index is 1.90. The van der Waals surface area contributed by atoms with E-state index in [0.29, 0.717) is 29.7 Å². The molecule has 1 aliphatic rings. The maximum absolute atomic E-state index is 13.0. The molecule has 0 unspecified atom stereocenters. The summed E-state index contributed by atoms with van der Waals surface area (Å²) in [4.78, 5) is 28.9. The molecule has 0 spiro atoms. The van der Waals surface area contributed by atoms with Gasteiger partial charge < -0.3 is 19.7 Å². The van der Waals surface area contributed by atoms with Crippen molar-refractivity contribution in [3.05, 3.63) is 57.6 Å². The fourth-order valence-electron chi connectivity index (χ4n) is 3.68. The molecule has 0 amide bonds. The fourth-order valence-corrected chi connectivity index (χ4v) is 3.68. The molecule has 2 aromatic carbocycles. The number of aromatic carboxylic acids is 1. The first-order valence-corrected chi connectivity index (χ1v) is 9.36. The minimum atomic E-state index is -1.07. The van der Waals surface area contributed by atoms with E-state index in [-0.39, 0.29) is 28.4 Å². The number of aromatic nitrogens is 2. The molecule has 4 rings (SSSR count). The Morgan fingerprint density at radius 1 is 1.17 bits per heavy atom. The molecule has 1 aliphatic heterocycles. The fraction of sp³-hybridized carbons (Fsp3) is 0.227. The van der Waals surface area contributed by atoms with Crippen LogP contribution in [0.15, 0.2) is 35.1 Å². The summed E-state index contributed by atoms with van der Waals surface area (Å²) in [6.07, 6.45) is 3.34. The molecule has 0 radical (unpaired) electrons. The van der Waals surface area contributed by atoms with Crippen LogP contribution in [0.2, 0.25) is 0 Å². The van der Waals surface area contributed by atoms with Gasteiger partial charge in [0, 0.05) is 6.54 Å². The third-order valence-corrected chi connectivity index (χ3v) is 5.16. The number of methoxy groups -OCH3 is 2. The molecule has 0 atom stereocenters. The molecule has 0 aliphatic carbocycles. The number of rotatable bonds is 4. The topological polar surface area (TPSA) is 111 Å². The molecule has 0 bridgehead atoms. The molecule has 8 nitrogen and oxygen atoms in total. The molecular weight excluding hydrogens is 388 g/mol. The predicted molar refractivity (Wildman–Crippen MR) is 111 cm³/mol. The molecule has 154 valence electrons. The summed E-state index contributed by atoms with van der Waals surface area (Å²) >= 11 is 0. The SMILES string of the molecule is COc1cc(/C=C2\CCCn3c2nc2cc(C(=O)O)ccc2c3=O)cc(OC)c1O. The largest absolute Gasteiger partial charge is 0.502 e. The Morgan fingerprint density at radius 3 is 2.50 bits per heavy atom. The molecular formula is C22H20N2O6. The minimum Gasteiger partial charge on any atom is -0.502 e. The van der Waals surface area contributed by atoms with Gasteiger partial charge in [-0.2, -0.15) is 0 Å². The maximum Gasteiger partial charge on any atom is 0.335 e. The summed E-state index contributed by atoms with van der Waals surface area (Å²) < 4.78 is 12.0. The highest BCUT2D eigenvalue weighted by molar-refractivity contribution is 5.93. The summed E-state index contributed by atoms with van der Waals surface area (Å²) in [6, 6.07) is 7.68. The first kappa shape index (κ1) is 19.5. The van der Waals surface area contributed by atoms with Gasteiger partial charge in [-0.15, -0.1) is 0 Å². The number of benzene rings is 2. The van der Waals surface area contributed by atoms with Crippen molar-refractivity contribution in [2.45, 2.75) is 19.4 Å². The van der Waals surface area contributed by atoms with Gasteiger partial charge in [0.15, 0.2) is 11.5 Å². The molecule has 3 aromatic rings. The zero-order valence-corrected chi connectivity index (χ0v) is 16.5. The molecule has 1 aromatic heterocycles. The third-order valence-electron chi connectivity index (χ3n) is 5.16. The second-order valence-electron chi connectivity index (χ2n) is 6.98. The summed E-state index contributed by atoms with van der Waals surface area (Å²) in [7, 11) is 2.91. The Hall–Kier alpha value is -3.81. The molecule has 2 heterocycles. The van der Waals surface area contributed by atoms with Crippen LogP contribution >= 0.6 is 0 Å². The summed E-state index contributed by atoms with van der Waals surface area (Å²) in [6.45, 7) is 0.539. The number of phenols is 1. The van der Waals surface area contributed by atoms with Crippen molar-refractivity contribution >= 4 is 28.5 Å². The van der Waals surface area contributed by atoms with Gasteiger partial charge in [0.25, 0.3) is 5.56 Å². The summed E-state index contributed by atoms with van der Waals surface area (Å²) in [5.74, 6) is -0.116. The lowest BCUT2D eigenvalue weighted by molar-refractivity contribution is 0.0697. The maximum atomic E-state index is 13.0. The zero-order valence-electron chi connectivity index (χ0n) is 16.5. The highest BCUT2D eigenvalue weighted by atomic mass is 16.5. The lowest BCUT2D eigenvalue weighted by Crippen LogP contribution is -2.28. The highest BCUT2D eigenvalue weighted by Crippen LogP contribution is 2.38. The number of carbonyl (C=O) groups is 1. The molecule has 30 heavy (non-hydrogen) atoms. The van der Waals surface area contributed by atoms with E-state index in [9.17, 15) is 19.8 Å². The van der Waals surface area contributed by atoms with Gasteiger partial charge in [-0.1, -0.05) is 0 Å². The number of allylic oxidation sites excluding steroid dienone is 1. The number of ether oxygens (including phenoxy) is 2. The Kier molecular flexibility index (Phi) is 4.91. The van der Waals surface area contributed by atoms with Crippen LogP contribution in [0.25, 0.3) is 22.6 Å². The van der Waals surface area contributed by atoms with Gasteiger partial charge in [-0.3, -0.25) is 9.36 Å². The van der Waals surface area contributed by atoms with Gasteiger partial charge in [0.05, 0.1) is 30.7 Å². The monoisotopic (exact) mass is 408 g/mol. The van der Waals surface area contributed by atoms with Crippen LogP contribution in [0.1, 0.15) is 34.6 Å². The molecule has 0 fully saturated rings. The Bertz CT molecular complexity index is 1230. The van der Waals surface area contributed by atoms with Crippen molar-refractivity contribution in [3.63, 3.8) is 0 Å². The number of hydrogen-bond donors (Lipinski definition) is 2. The van der Waals surface area contributed by atoms with Crippen molar-refractivity contribution < 1.29 is 24.5 Å². The standard InChI is InChI=1S/C22H20N2O6/c1-29-17-9-12(10-18(30-2)19(17)25)8-13-4-3-7-24-20(13)23-16-11-14(22(27)28)5-6-15(16)21(24)26/h5-6,8-11,25H,3-4,7H2,1-2H3,(H,27,28)/b13-8+. The van der Waals surface area contributed by atoms with E-state index in [1.165, 1.54) is 32.4 Å². The third kappa shape index (κ3) is 3.26. The number of hydrogen-bond acceptors (Lipinski definition) is 6. The normalized spacial score (nSPS) is 14.5. The van der Waals surface area contributed by atoms with E-state index in [2.05, 4.69) is 4.98 Å². The van der Waals surface area contributed by atoms with Crippen molar-refractivity contribution in [1.82, 2.24) is 9.55 Å². The molecule has 0 saturated heterocycles. The lowest BCUT2D eigenvalue weighted by Gasteiger charge is -2.21. The summed E-state index contributed by atoms with van der Waals surface area (Å²) in [5.41, 5.74) is 1.78. The average Bonchev–Trinajstić information content (AvgIpc) is 2.75. The second-order valence-corrected chi connectivity index (χ2v) is 6.98. The van der Waals surface area contributed by atoms with Crippen LogP contribution in [0.4, 0.5) is 0 Å². The first-order chi connectivity index (χ1) is 14.4. The van der Waals surface area contributed by atoms with Crippen LogP contribution in [-0.4, -0.2) is 40.0 Å². The smallest absolute Gasteiger partial charge is 0.335 e. The van der Waals surface area contributed by atoms with E-state index >= 15 is 0 Å². The quantitative estimate of drug-likeness (QED) is 0.682. The van der Waals surface area contributed by atoms with Crippen LogP contribution in [-0.2, 0) is 6.54 Å². The molecule has 0 saturated carbocycles. The predicted octanol–water partition coefficient (Wildman–Crippen LogP) is 3.15. The van der Waals surface area contributed by atoms with Crippen LogP contribution in [0.3, 0.4) is 0 Å². The first-order valence-electron chi connectivity index (χ1n) is 9.36. The van der Waals surface area contributed by atoms with Gasteiger partial charge in [0.2, 0.25) is 5.75 Å². The van der Waals surface area contributed by atoms with E-state index in [0.717, 1.165) is 17.6 Å². The van der Waals surface area contributed by atoms with E-state index in [1.54, 1.807) is 16.7 Å². The summed E-state index contributed by atoms with van der Waals surface area (Å²) in [5, 5.41) is 19.8. The molecule has 2 N–H and O–H groups in total. The number of aromatic hydroxyl groups is 1. The second kappa shape index (κ2) is 7.55.